The number of aliphatic hydroxyl groups excluding tert-OH is 1. The van der Waals surface area contributed by atoms with Crippen molar-refractivity contribution < 1.29 is 5.11 Å². The van der Waals surface area contributed by atoms with Gasteiger partial charge in [-0.3, -0.25) is 4.68 Å². The Morgan fingerprint density at radius 1 is 1.54 bits per heavy atom. The first kappa shape index (κ1) is 8.75. The first-order valence-corrected chi connectivity index (χ1v) is 4.99. The molecule has 0 fully saturated rings. The van der Waals surface area contributed by atoms with Crippen molar-refractivity contribution in [2.75, 3.05) is 6.61 Å². The largest absolute Gasteiger partial charge is 0.394 e. The Morgan fingerprint density at radius 2 is 2.31 bits per heavy atom. The van der Waals surface area contributed by atoms with Crippen molar-refractivity contribution >= 4 is 0 Å². The summed E-state index contributed by atoms with van der Waals surface area (Å²) in [5, 5.41) is 13.5. The van der Waals surface area contributed by atoms with E-state index in [2.05, 4.69) is 11.3 Å². The van der Waals surface area contributed by atoms with Crippen LogP contribution in [0.3, 0.4) is 0 Å². The Hall–Kier alpha value is -0.830. The summed E-state index contributed by atoms with van der Waals surface area (Å²) < 4.78 is 1.90. The minimum Gasteiger partial charge on any atom is -0.394 e. The first-order chi connectivity index (χ1) is 6.31. The van der Waals surface area contributed by atoms with E-state index in [-0.39, 0.29) is 12.6 Å². The van der Waals surface area contributed by atoms with Gasteiger partial charge in [-0.25, -0.2) is 0 Å². The van der Waals surface area contributed by atoms with E-state index < -0.39 is 0 Å². The van der Waals surface area contributed by atoms with E-state index in [1.54, 1.807) is 0 Å². The summed E-state index contributed by atoms with van der Waals surface area (Å²) in [6, 6.07) is 0.116. The Balaban J connectivity index is 2.25. The first-order valence-electron chi connectivity index (χ1n) is 4.99. The second-order valence-electron chi connectivity index (χ2n) is 3.82. The van der Waals surface area contributed by atoms with Gasteiger partial charge in [0.05, 0.1) is 18.3 Å². The van der Waals surface area contributed by atoms with Crippen LogP contribution in [0.5, 0.6) is 0 Å². The van der Waals surface area contributed by atoms with Gasteiger partial charge in [-0.05, 0) is 38.2 Å². The Bertz CT molecular complexity index is 270. The smallest absolute Gasteiger partial charge is 0.0722 e. The van der Waals surface area contributed by atoms with Gasteiger partial charge in [-0.2, -0.15) is 5.10 Å². The number of aryl methyl sites for hydroxylation is 2. The molecule has 1 aliphatic carbocycles. The molecule has 0 saturated heterocycles. The average Bonchev–Trinajstić information content (AvgIpc) is 2.59. The van der Waals surface area contributed by atoms with Gasteiger partial charge in [0.2, 0.25) is 0 Å². The van der Waals surface area contributed by atoms with Crippen molar-refractivity contribution in [1.82, 2.24) is 9.78 Å². The molecule has 0 spiro atoms. The zero-order valence-electron chi connectivity index (χ0n) is 8.03. The number of aromatic nitrogens is 2. The van der Waals surface area contributed by atoms with Gasteiger partial charge >= 0.3 is 0 Å². The van der Waals surface area contributed by atoms with Crippen molar-refractivity contribution in [3.05, 3.63) is 17.5 Å². The zero-order valence-corrected chi connectivity index (χ0v) is 8.03. The van der Waals surface area contributed by atoms with Crippen LogP contribution in [0.1, 0.15) is 37.1 Å². The van der Waals surface area contributed by atoms with Crippen molar-refractivity contribution in [2.24, 2.45) is 0 Å². The molecule has 0 aromatic carbocycles. The average molecular weight is 180 g/mol. The fourth-order valence-electron chi connectivity index (χ4n) is 1.80. The molecule has 0 aliphatic heterocycles. The Kier molecular flexibility index (Phi) is 2.36. The molecule has 1 aliphatic rings. The highest BCUT2D eigenvalue weighted by molar-refractivity contribution is 5.19. The Labute approximate surface area is 78.4 Å². The molecular formula is C10H16N2O. The summed E-state index contributed by atoms with van der Waals surface area (Å²) >= 11 is 0. The fraction of sp³-hybridized carbons (Fsp3) is 0.700. The highest BCUT2D eigenvalue weighted by atomic mass is 16.3. The predicted molar refractivity (Wildman–Crippen MR) is 50.7 cm³/mol. The van der Waals surface area contributed by atoms with E-state index in [1.165, 1.54) is 24.1 Å². The van der Waals surface area contributed by atoms with Crippen LogP contribution in [0, 0.1) is 0 Å². The molecular weight excluding hydrogens is 164 g/mol. The third kappa shape index (κ3) is 1.61. The normalized spacial score (nSPS) is 18.3. The summed E-state index contributed by atoms with van der Waals surface area (Å²) in [6.45, 7) is 2.15. The van der Waals surface area contributed by atoms with Crippen LogP contribution in [0.25, 0.3) is 0 Å². The molecule has 3 nitrogen and oxygen atoms in total. The summed E-state index contributed by atoms with van der Waals surface area (Å²) in [5.41, 5.74) is 2.62. The molecule has 1 heterocycles. The lowest BCUT2D eigenvalue weighted by molar-refractivity contribution is 0.229. The van der Waals surface area contributed by atoms with E-state index in [4.69, 9.17) is 5.11 Å². The topological polar surface area (TPSA) is 38.0 Å². The van der Waals surface area contributed by atoms with Crippen molar-refractivity contribution in [3.8, 4) is 0 Å². The van der Waals surface area contributed by atoms with Crippen LogP contribution >= 0.6 is 0 Å². The molecule has 1 atom stereocenters. The van der Waals surface area contributed by atoms with Crippen LogP contribution in [0.2, 0.25) is 0 Å². The molecule has 72 valence electrons. The molecule has 0 bridgehead atoms. The van der Waals surface area contributed by atoms with Gasteiger partial charge in [-0.15, -0.1) is 0 Å². The molecule has 13 heavy (non-hydrogen) atoms. The monoisotopic (exact) mass is 180 g/mol. The summed E-state index contributed by atoms with van der Waals surface area (Å²) in [4.78, 5) is 0. The van der Waals surface area contributed by atoms with E-state index >= 15 is 0 Å². The van der Waals surface area contributed by atoms with Crippen molar-refractivity contribution in [3.63, 3.8) is 0 Å². The van der Waals surface area contributed by atoms with Crippen molar-refractivity contribution in [1.29, 1.82) is 0 Å². The molecule has 0 radical (unpaired) electrons. The van der Waals surface area contributed by atoms with Crippen LogP contribution < -0.4 is 0 Å². The van der Waals surface area contributed by atoms with E-state index in [9.17, 15) is 0 Å². The molecule has 1 N–H and O–H groups in total. The second kappa shape index (κ2) is 3.50. The van der Waals surface area contributed by atoms with Crippen LogP contribution in [-0.2, 0) is 12.8 Å². The van der Waals surface area contributed by atoms with Crippen LogP contribution in [-0.4, -0.2) is 21.5 Å². The third-order valence-electron chi connectivity index (χ3n) is 2.72. The molecule has 3 heteroatoms. The number of hydrogen-bond donors (Lipinski definition) is 1. The second-order valence-corrected chi connectivity index (χ2v) is 3.82. The van der Waals surface area contributed by atoms with Gasteiger partial charge in [0.25, 0.3) is 0 Å². The summed E-state index contributed by atoms with van der Waals surface area (Å²) in [6.07, 6.45) is 6.91. The lowest BCUT2D eigenvalue weighted by Gasteiger charge is -2.07. The van der Waals surface area contributed by atoms with E-state index in [0.29, 0.717) is 0 Å². The van der Waals surface area contributed by atoms with E-state index in [0.717, 1.165) is 12.8 Å². The minimum absolute atomic E-state index is 0.116. The fourth-order valence-corrected chi connectivity index (χ4v) is 1.80. The third-order valence-corrected chi connectivity index (χ3v) is 2.72. The lowest BCUT2D eigenvalue weighted by Crippen LogP contribution is -2.09. The minimum atomic E-state index is 0.116. The Morgan fingerprint density at radius 3 is 3.00 bits per heavy atom. The van der Waals surface area contributed by atoms with Gasteiger partial charge < -0.3 is 5.11 Å². The summed E-state index contributed by atoms with van der Waals surface area (Å²) in [7, 11) is 0. The summed E-state index contributed by atoms with van der Waals surface area (Å²) in [5.74, 6) is 0. The number of nitrogens with zero attached hydrogens (tertiary/aromatic N) is 2. The SMILES string of the molecule is CC(CO)n1cc2c(n1)CCCC2. The van der Waals surface area contributed by atoms with Crippen molar-refractivity contribution in [2.45, 2.75) is 38.6 Å². The highest BCUT2D eigenvalue weighted by Crippen LogP contribution is 2.20. The number of fused-ring (bicyclic) bond motifs is 1. The van der Waals surface area contributed by atoms with Gasteiger partial charge in [0.15, 0.2) is 0 Å². The quantitative estimate of drug-likeness (QED) is 0.745. The molecule has 1 aromatic rings. The van der Waals surface area contributed by atoms with Crippen LogP contribution in [0.15, 0.2) is 6.20 Å². The zero-order chi connectivity index (χ0) is 9.26. The lowest BCUT2D eigenvalue weighted by atomic mass is 9.99. The van der Waals surface area contributed by atoms with Gasteiger partial charge in [-0.1, -0.05) is 0 Å². The van der Waals surface area contributed by atoms with E-state index in [1.807, 2.05) is 11.6 Å². The molecule has 1 aromatic heterocycles. The van der Waals surface area contributed by atoms with Crippen LogP contribution in [0.4, 0.5) is 0 Å². The predicted octanol–water partition coefficient (Wildman–Crippen LogP) is 1.32. The molecule has 0 amide bonds. The highest BCUT2D eigenvalue weighted by Gasteiger charge is 2.15. The maximum absolute atomic E-state index is 8.99. The molecule has 0 saturated carbocycles. The standard InChI is InChI=1S/C10H16N2O/c1-8(7-13)12-6-9-4-2-3-5-10(9)11-12/h6,8,13H,2-5,7H2,1H3. The van der Waals surface area contributed by atoms with Gasteiger partial charge in [0.1, 0.15) is 0 Å². The number of hydrogen-bond acceptors (Lipinski definition) is 2. The number of rotatable bonds is 2. The molecule has 1 unspecified atom stereocenters. The number of aliphatic hydroxyl groups is 1. The maximum atomic E-state index is 8.99. The molecule has 2 rings (SSSR count). The van der Waals surface area contributed by atoms with Gasteiger partial charge in [0, 0.05) is 6.20 Å². The maximum Gasteiger partial charge on any atom is 0.0722 e.